The number of aromatic nitrogens is 2. The average molecular weight is 513 g/mol. The lowest BCUT2D eigenvalue weighted by molar-refractivity contribution is -0.205. The number of nitrogens with one attached hydrogen (secondary N) is 1. The molecule has 11 nitrogen and oxygen atoms in total. The number of rotatable bonds is 5. The molecule has 0 aliphatic carbocycles. The Hall–Kier alpha value is -1.83. The molecule has 0 spiro atoms. The Labute approximate surface area is 192 Å². The number of phosphoric ester groups is 1. The summed E-state index contributed by atoms with van der Waals surface area (Å²) in [6.07, 6.45) is -5.63. The molecule has 2 aliphatic rings. The normalized spacial score (nSPS) is 33.1. The zero-order valence-corrected chi connectivity index (χ0v) is 18.5. The van der Waals surface area contributed by atoms with Crippen molar-refractivity contribution in [1.82, 2.24) is 9.55 Å². The van der Waals surface area contributed by atoms with Gasteiger partial charge in [-0.2, -0.15) is 0 Å². The van der Waals surface area contributed by atoms with Gasteiger partial charge in [-0.1, -0.05) is 23.7 Å². The van der Waals surface area contributed by atoms with Crippen LogP contribution in [0.2, 0.25) is 5.02 Å². The maximum atomic E-state index is 15.8. The molecule has 4 rings (SSSR count). The van der Waals surface area contributed by atoms with Crippen LogP contribution in [0.4, 0.5) is 4.39 Å². The first-order valence-electron chi connectivity index (χ1n) is 9.86. The highest BCUT2D eigenvalue weighted by Crippen LogP contribution is 2.57. The molecule has 3 N–H and O–H groups in total. The quantitative estimate of drug-likeness (QED) is 0.403. The van der Waals surface area contributed by atoms with Crippen molar-refractivity contribution in [2.45, 2.75) is 30.9 Å². The van der Waals surface area contributed by atoms with Gasteiger partial charge in [0.1, 0.15) is 23.8 Å². The van der Waals surface area contributed by atoms with E-state index in [-0.39, 0.29) is 22.9 Å². The smallest absolute Gasteiger partial charge is 0.493 e. The number of nitrogens with zero attached hydrogens (tertiary/aromatic N) is 1. The maximum Gasteiger partial charge on any atom is 0.530 e. The second-order valence-corrected chi connectivity index (χ2v) is 9.00. The van der Waals surface area contributed by atoms with Crippen molar-refractivity contribution in [1.29, 1.82) is 0 Å². The third-order valence-corrected chi connectivity index (χ3v) is 6.39. The van der Waals surface area contributed by atoms with Crippen LogP contribution in [-0.2, 0) is 25.0 Å². The van der Waals surface area contributed by atoms with E-state index in [1.54, 1.807) is 12.1 Å². The minimum absolute atomic E-state index is 0.0664. The molecule has 1 unspecified atom stereocenters. The molecule has 174 valence electrons. The van der Waals surface area contributed by atoms with Crippen LogP contribution in [0.3, 0.4) is 0 Å². The fourth-order valence-corrected chi connectivity index (χ4v) is 4.54. The molecule has 2 aliphatic heterocycles. The van der Waals surface area contributed by atoms with Crippen molar-refractivity contribution in [3.05, 3.63) is 50.1 Å². The van der Waals surface area contributed by atoms with E-state index >= 15 is 4.39 Å². The third-order valence-electron chi connectivity index (χ3n) is 4.65. The molecule has 0 saturated carbocycles. The Kier molecular flexibility index (Phi) is 5.52. The molecule has 5 atom stereocenters. The number of aliphatic hydroxyl groups is 2. The van der Waals surface area contributed by atoms with E-state index in [0.717, 1.165) is 10.8 Å². The van der Waals surface area contributed by atoms with Crippen molar-refractivity contribution in [3.8, 4) is 11.5 Å². The van der Waals surface area contributed by atoms with Gasteiger partial charge < -0.3 is 24.2 Å². The number of alkyl halides is 1. The molecular formula is C17H17ClFN2O9PS. The highest BCUT2D eigenvalue weighted by molar-refractivity contribution is 7.71. The number of hydrogen-bond acceptors (Lipinski definition) is 10. The second-order valence-electron chi connectivity index (χ2n) is 6.69. The van der Waals surface area contributed by atoms with Crippen LogP contribution in [0.25, 0.3) is 0 Å². The van der Waals surface area contributed by atoms with Crippen LogP contribution < -0.4 is 14.8 Å². The average Bonchev–Trinajstić information content (AvgIpc) is 3.00. The van der Waals surface area contributed by atoms with E-state index in [2.05, 4.69) is 4.98 Å². The molecule has 0 amide bonds. The summed E-state index contributed by atoms with van der Waals surface area (Å²) in [5, 5.41) is 20.3. The van der Waals surface area contributed by atoms with Gasteiger partial charge in [0.05, 0.1) is 16.5 Å². The molecule has 2 aromatic rings. The predicted octanol–water partition coefficient (Wildman–Crippen LogP) is 2.22. The van der Waals surface area contributed by atoms with Crippen LogP contribution in [-0.4, -0.2) is 51.5 Å². The van der Waals surface area contributed by atoms with Crippen molar-refractivity contribution < 1.29 is 45.0 Å². The molecule has 3 heterocycles. The number of ether oxygens (including phenoxy) is 2. The highest BCUT2D eigenvalue weighted by atomic mass is 35.5. The van der Waals surface area contributed by atoms with Crippen LogP contribution in [0.5, 0.6) is 11.5 Å². The van der Waals surface area contributed by atoms with Gasteiger partial charge in [-0.3, -0.25) is 23.4 Å². The largest absolute Gasteiger partial charge is 0.530 e. The number of aliphatic hydroxyl groups excluding tert-OH is 2. The minimum atomic E-state index is -4.83. The number of para-hydroxylation sites is 1. The Morgan fingerprint density at radius 1 is 1.53 bits per heavy atom. The summed E-state index contributed by atoms with van der Waals surface area (Å²) in [4.78, 5) is 13.7. The summed E-state index contributed by atoms with van der Waals surface area (Å²) in [7, 11) is -3.51. The number of halogens is 2. The van der Waals surface area contributed by atoms with E-state index in [1.165, 1.54) is 13.2 Å². The van der Waals surface area contributed by atoms with Gasteiger partial charge in [0, 0.05) is 11.8 Å². The number of phosphoric acid groups is 1. The zero-order chi connectivity index (χ0) is 25.1. The Balaban J connectivity index is 1.64. The third kappa shape index (κ3) is 4.11. The number of H-pyrrole nitrogens is 1. The monoisotopic (exact) mass is 512 g/mol. The second kappa shape index (κ2) is 8.50. The molecule has 0 bridgehead atoms. The zero-order valence-electron chi connectivity index (χ0n) is 18.1. The first-order valence-corrected chi connectivity index (χ1v) is 11.1. The lowest BCUT2D eigenvalue weighted by Crippen LogP contribution is -2.43. The number of hydrogen-bond donors (Lipinski definition) is 3. The first kappa shape index (κ1) is 20.8. The van der Waals surface area contributed by atoms with Gasteiger partial charge in [-0.15, -0.1) is 0 Å². The molecule has 32 heavy (non-hydrogen) atoms. The summed E-state index contributed by atoms with van der Waals surface area (Å²) in [6, 6.07) is 4.65. The molecule has 1 aromatic heterocycles. The number of methoxy groups -OCH3 is 1. The molecule has 1 saturated heterocycles. The molecule has 1 aromatic carbocycles. The van der Waals surface area contributed by atoms with Crippen molar-refractivity contribution >= 4 is 31.6 Å². The Morgan fingerprint density at radius 2 is 2.28 bits per heavy atom. The summed E-state index contributed by atoms with van der Waals surface area (Å²) in [6.45, 7) is -4.05. The highest BCUT2D eigenvalue weighted by Gasteiger charge is 2.57. The van der Waals surface area contributed by atoms with Crippen LogP contribution >= 0.6 is 31.6 Å². The van der Waals surface area contributed by atoms with Crippen molar-refractivity contribution in [3.63, 3.8) is 0 Å². The first-order chi connectivity index (χ1) is 15.8. The number of fused-ring (bicyclic) bond motifs is 1. The van der Waals surface area contributed by atoms with Crippen molar-refractivity contribution in [2.75, 3.05) is 13.7 Å². The lowest BCUT2D eigenvalue weighted by atomic mass is 10.1. The number of aromatic amines is 1. The van der Waals surface area contributed by atoms with Crippen molar-refractivity contribution in [2.24, 2.45) is 0 Å². The Morgan fingerprint density at radius 3 is 3.00 bits per heavy atom. The molecule has 15 heteroatoms. The summed E-state index contributed by atoms with van der Waals surface area (Å²) in [5.74, 6) is -3.74. The van der Waals surface area contributed by atoms with Crippen LogP contribution in [0, 0.1) is 4.77 Å². The lowest BCUT2D eigenvalue weighted by Gasteiger charge is -2.29. The van der Waals surface area contributed by atoms with E-state index in [4.69, 9.17) is 49.6 Å². The summed E-state index contributed by atoms with van der Waals surface area (Å²) >= 11 is 10.7. The molecule has 0 radical (unpaired) electrons. The van der Waals surface area contributed by atoms with Gasteiger partial charge in [0.25, 0.3) is 11.4 Å². The standard InChI is InChI=1S/C17H17ClFN2O9PS/c1-26-10-4-2-3-8-6-27-31(25,30-12(8)10)28-7-17(19)13(23)11(22)15(29-17)21-5-9(18)14(24)20-16(21)32/h2-5,11,13,15,22-23H,6-7H2,1H3,(H,20,24,32)/t11-,13+,15-,17-,31?/m1/s1/i7D2. The number of benzene rings is 1. The summed E-state index contributed by atoms with van der Waals surface area (Å²) < 4.78 is 70.5. The molecule has 1 fully saturated rings. The topological polar surface area (TPSA) is 141 Å². The maximum absolute atomic E-state index is 15.8. The predicted molar refractivity (Wildman–Crippen MR) is 109 cm³/mol. The molecular weight excluding hydrogens is 494 g/mol. The van der Waals surface area contributed by atoms with Crippen LogP contribution in [0.1, 0.15) is 14.5 Å². The minimum Gasteiger partial charge on any atom is -0.493 e. The van der Waals surface area contributed by atoms with Gasteiger partial charge >= 0.3 is 7.82 Å². The fourth-order valence-electron chi connectivity index (χ4n) is 3.04. The van der Waals surface area contributed by atoms with E-state index in [9.17, 15) is 19.6 Å². The summed E-state index contributed by atoms with van der Waals surface area (Å²) in [5.41, 5.74) is -0.372. The van der Waals surface area contributed by atoms with E-state index in [1.807, 2.05) is 0 Å². The SMILES string of the molecule is [2H]C([2H])(OP1(=O)OCc2cccc(OC)c2O1)[C@@]1(F)O[C@@H](n2cc(Cl)c(=O)[nH]c2=S)[C@H](O)[C@@H]1O. The van der Waals surface area contributed by atoms with Crippen LogP contribution in [0.15, 0.2) is 29.2 Å². The Bertz CT molecular complexity index is 1280. The van der Waals surface area contributed by atoms with Gasteiger partial charge in [0.2, 0.25) is 0 Å². The van der Waals surface area contributed by atoms with Gasteiger partial charge in [-0.05, 0) is 18.3 Å². The van der Waals surface area contributed by atoms with Gasteiger partial charge in [-0.25, -0.2) is 8.96 Å². The van der Waals surface area contributed by atoms with E-state index in [0.29, 0.717) is 5.56 Å². The van der Waals surface area contributed by atoms with Gasteiger partial charge in [0.15, 0.2) is 22.5 Å². The fraction of sp³-hybridized carbons (Fsp3) is 0.412. The van der Waals surface area contributed by atoms with E-state index < -0.39 is 49.3 Å².